The Labute approximate surface area is 338 Å². The topological polar surface area (TPSA) is 110 Å². The number of hydrogen-bond acceptors (Lipinski definition) is 8. The van der Waals surface area contributed by atoms with Gasteiger partial charge < -0.3 is 34.2 Å². The molecule has 0 aromatic heterocycles. The van der Waals surface area contributed by atoms with E-state index in [1.165, 1.54) is 0 Å². The van der Waals surface area contributed by atoms with Gasteiger partial charge in [-0.15, -0.1) is 6.58 Å². The maximum Gasteiger partial charge on any atom is 0.239 e. The number of hydrogen-bond donors (Lipinski definition) is 2. The molecule has 7 rings (SSSR count). The van der Waals surface area contributed by atoms with Crippen LogP contribution < -0.4 is 9.47 Å². The van der Waals surface area contributed by atoms with Crippen molar-refractivity contribution in [3.63, 3.8) is 0 Å². The molecule has 9 nitrogen and oxygen atoms in total. The van der Waals surface area contributed by atoms with E-state index < -0.39 is 11.8 Å². The summed E-state index contributed by atoms with van der Waals surface area (Å²) in [7, 11) is 0. The monoisotopic (exact) mass is 776 g/mol. The van der Waals surface area contributed by atoms with Gasteiger partial charge in [0.15, 0.2) is 0 Å². The van der Waals surface area contributed by atoms with Crippen LogP contribution in [0.2, 0.25) is 0 Å². The normalized spacial score (nSPS) is 25.4. The number of allylic oxidation sites excluding steroid dienone is 1. The maximum absolute atomic E-state index is 14.3. The summed E-state index contributed by atoms with van der Waals surface area (Å²) in [5, 5.41) is 24.6. The zero-order valence-corrected chi connectivity index (χ0v) is 33.7. The molecule has 57 heavy (non-hydrogen) atoms. The van der Waals surface area contributed by atoms with Gasteiger partial charge in [0.25, 0.3) is 0 Å². The van der Waals surface area contributed by atoms with Crippen LogP contribution in [0.1, 0.15) is 89.5 Å². The highest BCUT2D eigenvalue weighted by molar-refractivity contribution is 6.03. The number of aliphatic hydroxyl groups excluding tert-OH is 2. The lowest BCUT2D eigenvalue weighted by atomic mass is 9.55. The summed E-state index contributed by atoms with van der Waals surface area (Å²) in [6, 6.07) is 24.1. The van der Waals surface area contributed by atoms with Crippen LogP contribution in [-0.2, 0) is 14.4 Å². The number of aliphatic hydroxyl groups is 2. The minimum atomic E-state index is -1.23. The van der Waals surface area contributed by atoms with Gasteiger partial charge in [-0.05, 0) is 111 Å². The number of nitrogens with zero attached hydrogens (tertiary/aromatic N) is 2. The number of carbonyl (C=O) groups is 1. The van der Waals surface area contributed by atoms with Crippen molar-refractivity contribution in [3.05, 3.63) is 103 Å². The molecule has 1 amide bonds. The minimum Gasteiger partial charge on any atom is -0.459 e. The smallest absolute Gasteiger partial charge is 0.239 e. The van der Waals surface area contributed by atoms with Crippen molar-refractivity contribution in [2.24, 2.45) is 28.8 Å². The summed E-state index contributed by atoms with van der Waals surface area (Å²) in [5.74, 6) is 0.964. The molecule has 3 aromatic carbocycles. The Hall–Kier alpha value is -4.44. The second-order valence-corrected chi connectivity index (χ2v) is 16.0. The lowest BCUT2D eigenvalue weighted by Crippen LogP contribution is -2.70. The zero-order chi connectivity index (χ0) is 39.8. The Bertz CT molecular complexity index is 1870. The summed E-state index contributed by atoms with van der Waals surface area (Å²) >= 11 is 0. The van der Waals surface area contributed by atoms with Gasteiger partial charge in [0.1, 0.15) is 29.9 Å². The molecule has 0 bridgehead atoms. The van der Waals surface area contributed by atoms with Gasteiger partial charge in [-0.3, -0.25) is 4.79 Å². The summed E-state index contributed by atoms with van der Waals surface area (Å²) in [5.41, 5.74) is 5.18. The predicted octanol–water partition coefficient (Wildman–Crippen LogP) is 9.45. The third-order valence-corrected chi connectivity index (χ3v) is 12.2. The van der Waals surface area contributed by atoms with Crippen molar-refractivity contribution in [2.45, 2.75) is 95.8 Å². The fraction of sp³-hybridized carbons (Fsp3) is 0.500. The molecular weight excluding hydrogens is 717 g/mol. The highest BCUT2D eigenvalue weighted by atomic mass is 16.7. The van der Waals surface area contributed by atoms with Crippen molar-refractivity contribution in [3.8, 4) is 28.4 Å². The third kappa shape index (κ3) is 8.71. The van der Waals surface area contributed by atoms with Crippen molar-refractivity contribution in [1.29, 1.82) is 0 Å². The second kappa shape index (κ2) is 18.9. The van der Waals surface area contributed by atoms with E-state index in [0.29, 0.717) is 31.7 Å². The Morgan fingerprint density at radius 3 is 2.35 bits per heavy atom. The van der Waals surface area contributed by atoms with Crippen molar-refractivity contribution >= 4 is 11.6 Å². The van der Waals surface area contributed by atoms with Gasteiger partial charge in [0.2, 0.25) is 11.7 Å². The lowest BCUT2D eigenvalue weighted by Gasteiger charge is -2.60. The number of unbranched alkanes of at least 4 members (excludes halogenated alkanes) is 2. The standard InChI is InChI=1S/C48H60N2O7/c1-4-26-50(47(53)35-18-19-35)44-32-42(49-55-6-3)40-30-36(16-10-12-27-51)39(17-11-13-28-52)45-41-31-38(24-25-43(41)57-48(44,46(40)45)54-29-5-2)56-37-22-20-34(21-23-37)33-14-8-7-9-15-33/h5,7-9,14-15,20-25,30-31,35-36,39,44-46,51-52H,2,4,6,10-13,16-19,26-29,32H2,1,3H3/t36-,39+,44-,45+,46+,48+/m0/s1. The fourth-order valence-electron chi connectivity index (χ4n) is 9.56. The molecule has 2 fully saturated rings. The third-order valence-electron chi connectivity index (χ3n) is 12.2. The number of amides is 1. The maximum atomic E-state index is 14.3. The van der Waals surface area contributed by atoms with Crippen LogP contribution in [0.15, 0.2) is 102 Å². The van der Waals surface area contributed by atoms with Crippen LogP contribution >= 0.6 is 0 Å². The Balaban J connectivity index is 1.38. The van der Waals surface area contributed by atoms with Gasteiger partial charge in [0, 0.05) is 43.6 Å². The minimum absolute atomic E-state index is 0.0128. The van der Waals surface area contributed by atoms with Crippen molar-refractivity contribution in [2.75, 3.05) is 33.0 Å². The Kier molecular flexibility index (Phi) is 13.5. The molecule has 2 N–H and O–H groups in total. The number of rotatable bonds is 20. The van der Waals surface area contributed by atoms with Crippen molar-refractivity contribution < 1.29 is 34.1 Å². The van der Waals surface area contributed by atoms with Gasteiger partial charge in [-0.25, -0.2) is 0 Å². The fourth-order valence-corrected chi connectivity index (χ4v) is 9.56. The number of carbonyl (C=O) groups excluding carboxylic acids is 1. The molecule has 0 unspecified atom stereocenters. The first-order chi connectivity index (χ1) is 28.0. The quantitative estimate of drug-likeness (QED) is 0.0669. The molecule has 3 aromatic rings. The van der Waals surface area contributed by atoms with E-state index >= 15 is 0 Å². The molecule has 0 saturated heterocycles. The number of oxime groups is 1. The first-order valence-electron chi connectivity index (χ1n) is 21.3. The van der Waals surface area contributed by atoms with E-state index in [2.05, 4.69) is 49.9 Å². The molecule has 2 saturated carbocycles. The highest BCUT2D eigenvalue weighted by Gasteiger charge is 2.65. The number of fused-ring (bicyclic) bond motifs is 2. The van der Waals surface area contributed by atoms with E-state index in [0.717, 1.165) is 90.8 Å². The summed E-state index contributed by atoms with van der Waals surface area (Å²) in [4.78, 5) is 22.2. The molecule has 4 aliphatic rings. The van der Waals surface area contributed by atoms with Crippen LogP contribution in [0, 0.1) is 23.7 Å². The molecule has 304 valence electrons. The molecular formula is C48H60N2O7. The van der Waals surface area contributed by atoms with Crippen LogP contribution in [-0.4, -0.2) is 71.5 Å². The highest BCUT2D eigenvalue weighted by Crippen LogP contribution is 2.62. The summed E-state index contributed by atoms with van der Waals surface area (Å²) in [6.45, 7) is 9.61. The van der Waals surface area contributed by atoms with Gasteiger partial charge in [-0.1, -0.05) is 79.5 Å². The zero-order valence-electron chi connectivity index (χ0n) is 33.7. The molecule has 1 heterocycles. The van der Waals surface area contributed by atoms with Gasteiger partial charge in [0.05, 0.1) is 18.2 Å². The first-order valence-corrected chi connectivity index (χ1v) is 21.3. The van der Waals surface area contributed by atoms with Crippen LogP contribution in [0.5, 0.6) is 17.2 Å². The Morgan fingerprint density at radius 2 is 1.67 bits per heavy atom. The molecule has 9 heteroatoms. The van der Waals surface area contributed by atoms with Crippen LogP contribution in [0.3, 0.4) is 0 Å². The van der Waals surface area contributed by atoms with E-state index in [1.807, 2.05) is 54.3 Å². The van der Waals surface area contributed by atoms with Gasteiger partial charge >= 0.3 is 0 Å². The summed E-state index contributed by atoms with van der Waals surface area (Å²) < 4.78 is 21.0. The van der Waals surface area contributed by atoms with E-state index in [9.17, 15) is 15.0 Å². The first kappa shape index (κ1) is 40.7. The molecule has 0 spiro atoms. The average molecular weight is 777 g/mol. The molecule has 3 aliphatic carbocycles. The summed E-state index contributed by atoms with van der Waals surface area (Å²) in [6.07, 6.45) is 12.1. The average Bonchev–Trinajstić information content (AvgIpc) is 4.09. The number of benzene rings is 3. The van der Waals surface area contributed by atoms with Crippen LogP contribution in [0.4, 0.5) is 0 Å². The molecule has 1 aliphatic heterocycles. The largest absolute Gasteiger partial charge is 0.459 e. The predicted molar refractivity (Wildman–Crippen MR) is 223 cm³/mol. The van der Waals surface area contributed by atoms with E-state index in [4.69, 9.17) is 24.2 Å². The lowest BCUT2D eigenvalue weighted by molar-refractivity contribution is -0.257. The molecule has 0 radical (unpaired) electrons. The Morgan fingerprint density at radius 1 is 0.947 bits per heavy atom. The number of ether oxygens (including phenoxy) is 3. The van der Waals surface area contributed by atoms with E-state index in [1.54, 1.807) is 6.08 Å². The SMILES string of the molecule is C=CCO[C@@]12Oc3ccc(Oc4ccc(-c5ccccc5)cc4)cc3[C@H]3[C@H](CCCCO)[C@@H](CCCCO)C=C(C(=NOCC)C[C@@H]1N(CCC)C(=O)C1CC1)[C@H]32. The van der Waals surface area contributed by atoms with Crippen molar-refractivity contribution in [1.82, 2.24) is 4.90 Å². The van der Waals surface area contributed by atoms with E-state index in [-0.39, 0.29) is 55.3 Å². The van der Waals surface area contributed by atoms with Crippen LogP contribution in [0.25, 0.3) is 11.1 Å². The second-order valence-electron chi connectivity index (χ2n) is 16.0. The van der Waals surface area contributed by atoms with Gasteiger partial charge in [-0.2, -0.15) is 0 Å². The molecule has 6 atom stereocenters.